The lowest BCUT2D eigenvalue weighted by molar-refractivity contribution is -0.0429. The van der Waals surface area contributed by atoms with Gasteiger partial charge in [0, 0.05) is 24.9 Å². The van der Waals surface area contributed by atoms with E-state index in [4.69, 9.17) is 14.0 Å². The molecule has 1 atom stereocenters. The van der Waals surface area contributed by atoms with Crippen molar-refractivity contribution in [2.75, 3.05) is 13.7 Å². The molecule has 6 nitrogen and oxygen atoms in total. The molecule has 122 valence electrons. The molecule has 6 heteroatoms. The highest BCUT2D eigenvalue weighted by atomic mass is 16.5. The van der Waals surface area contributed by atoms with E-state index in [2.05, 4.69) is 15.1 Å². The molecular weight excluding hydrogens is 294 g/mol. The molecule has 2 aromatic rings. The Morgan fingerprint density at radius 1 is 1.26 bits per heavy atom. The van der Waals surface area contributed by atoms with Gasteiger partial charge in [0.05, 0.1) is 6.61 Å². The molecule has 0 aliphatic heterocycles. The summed E-state index contributed by atoms with van der Waals surface area (Å²) in [4.78, 5) is 8.83. The van der Waals surface area contributed by atoms with Crippen LogP contribution in [0, 0.1) is 11.8 Å². The Hall–Kier alpha value is -1.95. The Kier molecular flexibility index (Phi) is 3.56. The van der Waals surface area contributed by atoms with Gasteiger partial charge >= 0.3 is 0 Å². The first-order valence-corrected chi connectivity index (χ1v) is 8.17. The Labute approximate surface area is 135 Å². The molecule has 0 bridgehead atoms. The zero-order valence-corrected chi connectivity index (χ0v) is 13.5. The molecule has 0 spiro atoms. The quantitative estimate of drug-likeness (QED) is 0.781. The average Bonchev–Trinajstić information content (AvgIpc) is 3.51. The number of aromatic nitrogens is 3. The monoisotopic (exact) mass is 315 g/mol. The van der Waals surface area contributed by atoms with E-state index in [1.165, 1.54) is 12.8 Å². The lowest BCUT2D eigenvalue weighted by atomic mass is 10.0. The minimum Gasteiger partial charge on any atom is -0.477 e. The summed E-state index contributed by atoms with van der Waals surface area (Å²) in [5.41, 5.74) is 0.319. The summed E-state index contributed by atoms with van der Waals surface area (Å²) in [6.45, 7) is 2.77. The van der Waals surface area contributed by atoms with Crippen molar-refractivity contribution in [3.05, 3.63) is 24.2 Å². The molecule has 2 aliphatic rings. The zero-order valence-electron chi connectivity index (χ0n) is 13.5. The van der Waals surface area contributed by atoms with Crippen LogP contribution in [0.2, 0.25) is 0 Å². The van der Waals surface area contributed by atoms with Crippen LogP contribution in [0.5, 0.6) is 5.88 Å². The molecule has 2 aliphatic carbocycles. The molecule has 4 rings (SSSR count). The molecule has 0 radical (unpaired) electrons. The maximum Gasteiger partial charge on any atom is 0.259 e. The third-order valence-electron chi connectivity index (χ3n) is 4.79. The van der Waals surface area contributed by atoms with Crippen LogP contribution >= 0.6 is 0 Å². The highest BCUT2D eigenvalue weighted by molar-refractivity contribution is 5.53. The van der Waals surface area contributed by atoms with Crippen LogP contribution in [0.1, 0.15) is 38.5 Å². The van der Waals surface area contributed by atoms with Gasteiger partial charge in [0.2, 0.25) is 11.7 Å². The van der Waals surface area contributed by atoms with Gasteiger partial charge in [-0.2, -0.15) is 4.98 Å². The van der Waals surface area contributed by atoms with E-state index in [0.717, 1.165) is 25.0 Å². The van der Waals surface area contributed by atoms with E-state index < -0.39 is 5.60 Å². The molecular formula is C17H21N3O3. The van der Waals surface area contributed by atoms with Gasteiger partial charge < -0.3 is 14.0 Å². The topological polar surface area (TPSA) is 70.3 Å². The molecule has 0 N–H and O–H groups in total. The van der Waals surface area contributed by atoms with Crippen LogP contribution in [0.3, 0.4) is 0 Å². The van der Waals surface area contributed by atoms with Crippen LogP contribution in [-0.2, 0) is 10.3 Å². The number of pyridine rings is 1. The predicted octanol–water partition coefficient (Wildman–Crippen LogP) is 3.19. The van der Waals surface area contributed by atoms with Crippen molar-refractivity contribution in [1.82, 2.24) is 15.1 Å². The summed E-state index contributed by atoms with van der Waals surface area (Å²) in [5, 5.41) is 4.08. The maximum atomic E-state index is 5.64. The Morgan fingerprint density at radius 2 is 2.09 bits per heavy atom. The largest absolute Gasteiger partial charge is 0.477 e. The second-order valence-electron chi connectivity index (χ2n) is 6.65. The number of hydrogen-bond donors (Lipinski definition) is 0. The van der Waals surface area contributed by atoms with Crippen molar-refractivity contribution < 1.29 is 14.0 Å². The van der Waals surface area contributed by atoms with Gasteiger partial charge in [0.25, 0.3) is 5.89 Å². The van der Waals surface area contributed by atoms with Gasteiger partial charge in [-0.25, -0.2) is 4.98 Å². The molecule has 2 fully saturated rings. The van der Waals surface area contributed by atoms with Crippen LogP contribution in [0.4, 0.5) is 0 Å². The molecule has 0 aromatic carbocycles. The van der Waals surface area contributed by atoms with Crippen LogP contribution in [0.15, 0.2) is 22.9 Å². The number of rotatable bonds is 7. The zero-order chi connectivity index (χ0) is 15.9. The number of methoxy groups -OCH3 is 1. The Balaban J connectivity index is 1.49. The smallest absolute Gasteiger partial charge is 0.259 e. The summed E-state index contributed by atoms with van der Waals surface area (Å²) in [7, 11) is 1.69. The highest BCUT2D eigenvalue weighted by Crippen LogP contribution is 2.47. The predicted molar refractivity (Wildman–Crippen MR) is 82.8 cm³/mol. The molecule has 0 amide bonds. The first kappa shape index (κ1) is 14.6. The van der Waals surface area contributed by atoms with Crippen molar-refractivity contribution in [1.29, 1.82) is 0 Å². The minimum atomic E-state index is -0.494. The van der Waals surface area contributed by atoms with Crippen molar-refractivity contribution in [2.45, 2.75) is 38.2 Å². The number of hydrogen-bond acceptors (Lipinski definition) is 6. The van der Waals surface area contributed by atoms with Gasteiger partial charge in [-0.05, 0) is 50.5 Å². The molecule has 1 unspecified atom stereocenters. The number of nitrogens with zero attached hydrogens (tertiary/aromatic N) is 3. The van der Waals surface area contributed by atoms with Crippen molar-refractivity contribution in [2.24, 2.45) is 11.8 Å². The summed E-state index contributed by atoms with van der Waals surface area (Å²) in [6, 6.07) is 3.76. The summed E-state index contributed by atoms with van der Waals surface area (Å²) in [5.74, 6) is 2.88. The van der Waals surface area contributed by atoms with Gasteiger partial charge in [-0.1, -0.05) is 5.16 Å². The Bertz CT molecular complexity index is 677. The van der Waals surface area contributed by atoms with Crippen molar-refractivity contribution in [3.63, 3.8) is 0 Å². The minimum absolute atomic E-state index is 0.456. The molecule has 2 heterocycles. The first-order valence-electron chi connectivity index (χ1n) is 8.17. The van der Waals surface area contributed by atoms with Gasteiger partial charge in [0.15, 0.2) is 0 Å². The van der Waals surface area contributed by atoms with Gasteiger partial charge in [0.1, 0.15) is 5.60 Å². The van der Waals surface area contributed by atoms with Gasteiger partial charge in [-0.15, -0.1) is 0 Å². The normalized spacial score (nSPS) is 20.3. The first-order chi connectivity index (χ1) is 11.2. The van der Waals surface area contributed by atoms with Crippen LogP contribution in [-0.4, -0.2) is 28.8 Å². The third-order valence-corrected chi connectivity index (χ3v) is 4.79. The van der Waals surface area contributed by atoms with E-state index >= 15 is 0 Å². The van der Waals surface area contributed by atoms with E-state index in [1.807, 2.05) is 19.1 Å². The standard InChI is InChI=1S/C17H21N3O3/c1-17(21-2,13-6-7-13)16-19-15(20-23-16)12-5-8-14(18-9-12)22-10-11-3-4-11/h5,8-9,11,13H,3-4,6-7,10H2,1-2H3. The van der Waals surface area contributed by atoms with Crippen molar-refractivity contribution in [3.8, 4) is 17.3 Å². The molecule has 0 saturated heterocycles. The van der Waals surface area contributed by atoms with E-state index in [9.17, 15) is 0 Å². The second kappa shape index (κ2) is 5.60. The van der Waals surface area contributed by atoms with Gasteiger partial charge in [-0.3, -0.25) is 0 Å². The lowest BCUT2D eigenvalue weighted by Crippen LogP contribution is -2.27. The highest BCUT2D eigenvalue weighted by Gasteiger charge is 2.47. The molecule has 23 heavy (non-hydrogen) atoms. The fourth-order valence-electron chi connectivity index (χ4n) is 2.69. The third kappa shape index (κ3) is 2.95. The van der Waals surface area contributed by atoms with E-state index in [-0.39, 0.29) is 0 Å². The SMILES string of the molecule is COC(C)(c1nc(-c2ccc(OCC3CC3)nc2)no1)C1CC1. The number of ether oxygens (including phenoxy) is 2. The van der Waals surface area contributed by atoms with Crippen LogP contribution < -0.4 is 4.74 Å². The fraction of sp³-hybridized carbons (Fsp3) is 0.588. The van der Waals surface area contributed by atoms with Crippen LogP contribution in [0.25, 0.3) is 11.4 Å². The lowest BCUT2D eigenvalue weighted by Gasteiger charge is -2.23. The van der Waals surface area contributed by atoms with E-state index in [1.54, 1.807) is 13.3 Å². The summed E-state index contributed by atoms with van der Waals surface area (Å²) < 4.78 is 16.7. The molecule has 2 saturated carbocycles. The van der Waals surface area contributed by atoms with Crippen molar-refractivity contribution >= 4 is 0 Å². The fourth-order valence-corrected chi connectivity index (χ4v) is 2.69. The summed E-state index contributed by atoms with van der Waals surface area (Å²) in [6.07, 6.45) is 6.53. The Morgan fingerprint density at radius 3 is 2.70 bits per heavy atom. The summed E-state index contributed by atoms with van der Waals surface area (Å²) >= 11 is 0. The molecule has 2 aromatic heterocycles. The average molecular weight is 315 g/mol. The maximum absolute atomic E-state index is 5.64. The second-order valence-corrected chi connectivity index (χ2v) is 6.65. The van der Waals surface area contributed by atoms with E-state index in [0.29, 0.717) is 29.4 Å².